The molecule has 0 aliphatic rings. The molecule has 0 aliphatic heterocycles. The molecule has 0 bridgehead atoms. The Balaban J connectivity index is 3.29. The van der Waals surface area contributed by atoms with E-state index in [2.05, 4.69) is 31.0 Å². The predicted octanol–water partition coefficient (Wildman–Crippen LogP) is 1.36. The van der Waals surface area contributed by atoms with Crippen LogP contribution in [0.15, 0.2) is 0 Å². The van der Waals surface area contributed by atoms with E-state index < -0.39 is 0 Å². The molecule has 0 heterocycles. The summed E-state index contributed by atoms with van der Waals surface area (Å²) >= 11 is 0. The van der Waals surface area contributed by atoms with Gasteiger partial charge in [0.2, 0.25) is 0 Å². The van der Waals surface area contributed by atoms with Gasteiger partial charge in [0.1, 0.15) is 0 Å². The van der Waals surface area contributed by atoms with Crippen molar-refractivity contribution >= 4 is 0 Å². The van der Waals surface area contributed by atoms with E-state index in [0.717, 1.165) is 39.2 Å². The largest absolute Gasteiger partial charge is 0.382 e. The summed E-state index contributed by atoms with van der Waals surface area (Å²) in [6.45, 7) is 13.3. The van der Waals surface area contributed by atoms with Gasteiger partial charge in [-0.2, -0.15) is 0 Å². The summed E-state index contributed by atoms with van der Waals surface area (Å²) in [5, 5.41) is 3.52. The highest BCUT2D eigenvalue weighted by molar-refractivity contribution is 4.65. The first-order valence-electron chi connectivity index (χ1n) is 6.76. The normalized spacial score (nSPS) is 13.2. The summed E-state index contributed by atoms with van der Waals surface area (Å²) in [7, 11) is 1.69. The summed E-state index contributed by atoms with van der Waals surface area (Å²) in [6.07, 6.45) is 1.06. The molecule has 104 valence electrons. The molecule has 1 unspecified atom stereocenters. The van der Waals surface area contributed by atoms with E-state index in [1.54, 1.807) is 7.11 Å². The number of rotatable bonds is 12. The Morgan fingerprint density at radius 3 is 2.41 bits per heavy atom. The van der Waals surface area contributed by atoms with Crippen LogP contribution >= 0.6 is 0 Å². The lowest BCUT2D eigenvalue weighted by molar-refractivity contribution is 0.0691. The van der Waals surface area contributed by atoms with Gasteiger partial charge in [-0.3, -0.25) is 0 Å². The minimum Gasteiger partial charge on any atom is -0.382 e. The molecule has 0 amide bonds. The molecule has 0 aromatic carbocycles. The van der Waals surface area contributed by atoms with E-state index in [0.29, 0.717) is 19.3 Å². The Bertz CT molecular complexity index is 152. The molecule has 0 aromatic rings. The van der Waals surface area contributed by atoms with Crippen molar-refractivity contribution in [3.63, 3.8) is 0 Å². The molecule has 1 N–H and O–H groups in total. The lowest BCUT2D eigenvalue weighted by Crippen LogP contribution is -2.39. The number of likely N-dealkylation sites (N-methyl/N-ethyl adjacent to an activating group) is 1. The van der Waals surface area contributed by atoms with Crippen molar-refractivity contribution in [1.82, 2.24) is 10.2 Å². The second-order valence-corrected chi connectivity index (χ2v) is 4.30. The maximum Gasteiger partial charge on any atom is 0.0700 e. The van der Waals surface area contributed by atoms with Gasteiger partial charge in [0, 0.05) is 26.3 Å². The molecule has 0 aliphatic carbocycles. The maximum atomic E-state index is 5.40. The van der Waals surface area contributed by atoms with Gasteiger partial charge in [0.15, 0.2) is 0 Å². The molecule has 0 saturated carbocycles. The molecule has 17 heavy (non-hydrogen) atoms. The first-order chi connectivity index (χ1) is 8.24. The lowest BCUT2D eigenvalue weighted by atomic mass is 10.3. The van der Waals surface area contributed by atoms with Crippen LogP contribution < -0.4 is 5.32 Å². The van der Waals surface area contributed by atoms with Crippen LogP contribution in [-0.2, 0) is 9.47 Å². The Morgan fingerprint density at radius 1 is 1.12 bits per heavy atom. The lowest BCUT2D eigenvalue weighted by Gasteiger charge is -2.23. The van der Waals surface area contributed by atoms with Gasteiger partial charge in [-0.05, 0) is 33.0 Å². The van der Waals surface area contributed by atoms with E-state index in [-0.39, 0.29) is 0 Å². The number of ether oxygens (including phenoxy) is 2. The zero-order chi connectivity index (χ0) is 12.9. The molecule has 1 atom stereocenters. The third-order valence-electron chi connectivity index (χ3n) is 2.82. The van der Waals surface area contributed by atoms with Crippen LogP contribution in [0.5, 0.6) is 0 Å². The predicted molar refractivity (Wildman–Crippen MR) is 72.6 cm³/mol. The van der Waals surface area contributed by atoms with Gasteiger partial charge in [-0.15, -0.1) is 0 Å². The molecule has 0 radical (unpaired) electrons. The van der Waals surface area contributed by atoms with Gasteiger partial charge in [-0.1, -0.05) is 13.8 Å². The fraction of sp³-hybridized carbons (Fsp3) is 1.00. The smallest absolute Gasteiger partial charge is 0.0700 e. The minimum atomic E-state index is 0.550. The van der Waals surface area contributed by atoms with E-state index in [9.17, 15) is 0 Å². The summed E-state index contributed by atoms with van der Waals surface area (Å²) in [6, 6.07) is 0.550. The fourth-order valence-corrected chi connectivity index (χ4v) is 1.70. The van der Waals surface area contributed by atoms with Crippen molar-refractivity contribution in [3.8, 4) is 0 Å². The Hall–Kier alpha value is -0.160. The van der Waals surface area contributed by atoms with Crippen LogP contribution in [0.4, 0.5) is 0 Å². The van der Waals surface area contributed by atoms with E-state index in [4.69, 9.17) is 9.47 Å². The number of nitrogens with zero attached hydrogens (tertiary/aromatic N) is 1. The molecule has 4 nitrogen and oxygen atoms in total. The zero-order valence-corrected chi connectivity index (χ0v) is 12.0. The Morgan fingerprint density at radius 2 is 1.82 bits per heavy atom. The first-order valence-corrected chi connectivity index (χ1v) is 6.76. The van der Waals surface area contributed by atoms with E-state index in [1.807, 2.05) is 0 Å². The van der Waals surface area contributed by atoms with Crippen molar-refractivity contribution in [2.45, 2.75) is 33.2 Å². The molecule has 0 rings (SSSR count). The van der Waals surface area contributed by atoms with Crippen molar-refractivity contribution in [2.75, 3.05) is 53.1 Å². The minimum absolute atomic E-state index is 0.550. The summed E-state index contributed by atoms with van der Waals surface area (Å²) in [4.78, 5) is 2.44. The zero-order valence-electron chi connectivity index (χ0n) is 12.0. The van der Waals surface area contributed by atoms with Gasteiger partial charge in [-0.25, -0.2) is 0 Å². The van der Waals surface area contributed by atoms with Crippen molar-refractivity contribution < 1.29 is 9.47 Å². The molecular formula is C13H30N2O2. The van der Waals surface area contributed by atoms with E-state index in [1.165, 1.54) is 0 Å². The third kappa shape index (κ3) is 10.7. The van der Waals surface area contributed by atoms with Gasteiger partial charge >= 0.3 is 0 Å². The quantitative estimate of drug-likeness (QED) is 0.527. The van der Waals surface area contributed by atoms with Crippen molar-refractivity contribution in [3.05, 3.63) is 0 Å². The summed E-state index contributed by atoms with van der Waals surface area (Å²) in [5.41, 5.74) is 0. The first kappa shape index (κ1) is 16.8. The van der Waals surface area contributed by atoms with E-state index >= 15 is 0 Å². The van der Waals surface area contributed by atoms with Crippen LogP contribution in [-0.4, -0.2) is 64.1 Å². The monoisotopic (exact) mass is 246 g/mol. The molecule has 4 heteroatoms. The number of methoxy groups -OCH3 is 1. The maximum absolute atomic E-state index is 5.40. The molecule has 0 aromatic heterocycles. The number of nitrogens with one attached hydrogen (secondary N) is 1. The van der Waals surface area contributed by atoms with Gasteiger partial charge < -0.3 is 19.7 Å². The Labute approximate surface area is 107 Å². The molecule has 0 saturated heterocycles. The van der Waals surface area contributed by atoms with Crippen molar-refractivity contribution in [2.24, 2.45) is 0 Å². The SMILES string of the molecule is CCN(CC)CC(C)NCCCOCCOC. The van der Waals surface area contributed by atoms with Crippen LogP contribution in [0.1, 0.15) is 27.2 Å². The van der Waals surface area contributed by atoms with Crippen LogP contribution in [0, 0.1) is 0 Å². The number of hydrogen-bond acceptors (Lipinski definition) is 4. The highest BCUT2D eigenvalue weighted by atomic mass is 16.5. The average Bonchev–Trinajstić information content (AvgIpc) is 2.34. The van der Waals surface area contributed by atoms with Gasteiger partial charge in [0.25, 0.3) is 0 Å². The molecule has 0 fully saturated rings. The Kier molecular flexibility index (Phi) is 12.2. The highest BCUT2D eigenvalue weighted by Crippen LogP contribution is 1.92. The average molecular weight is 246 g/mol. The van der Waals surface area contributed by atoms with Gasteiger partial charge in [0.05, 0.1) is 13.2 Å². The van der Waals surface area contributed by atoms with Crippen LogP contribution in [0.2, 0.25) is 0 Å². The standard InChI is InChI=1S/C13H30N2O2/c1-5-15(6-2)12-13(3)14-8-7-9-17-11-10-16-4/h13-14H,5-12H2,1-4H3. The second-order valence-electron chi connectivity index (χ2n) is 4.30. The van der Waals surface area contributed by atoms with Crippen molar-refractivity contribution in [1.29, 1.82) is 0 Å². The van der Waals surface area contributed by atoms with Crippen LogP contribution in [0.3, 0.4) is 0 Å². The summed E-state index contributed by atoms with van der Waals surface area (Å²) < 4.78 is 10.3. The fourth-order valence-electron chi connectivity index (χ4n) is 1.70. The molecule has 0 spiro atoms. The second kappa shape index (κ2) is 12.3. The third-order valence-corrected chi connectivity index (χ3v) is 2.82. The van der Waals surface area contributed by atoms with Crippen LogP contribution in [0.25, 0.3) is 0 Å². The number of hydrogen-bond donors (Lipinski definition) is 1. The highest BCUT2D eigenvalue weighted by Gasteiger charge is 2.05. The topological polar surface area (TPSA) is 33.7 Å². The summed E-state index contributed by atoms with van der Waals surface area (Å²) in [5.74, 6) is 0. The molecular weight excluding hydrogens is 216 g/mol.